The molecule has 0 radical (unpaired) electrons. The lowest BCUT2D eigenvalue weighted by molar-refractivity contribution is -0.350. The average Bonchev–Trinajstić information content (AvgIpc) is 2.61. The lowest BCUT2D eigenvalue weighted by atomic mass is 10.2. The minimum atomic E-state index is -6.84. The second-order valence-corrected chi connectivity index (χ2v) is 7.62. The molecule has 0 fully saturated rings. The van der Waals surface area contributed by atoms with Crippen molar-refractivity contribution < 1.29 is 80.7 Å². The molecule has 0 heterocycles. The second kappa shape index (κ2) is 10.0. The van der Waals surface area contributed by atoms with Gasteiger partial charge in [0.2, 0.25) is 0 Å². The van der Waals surface area contributed by atoms with Crippen molar-refractivity contribution in [2.75, 3.05) is 13.2 Å². The van der Waals surface area contributed by atoms with Crippen molar-refractivity contribution in [3.05, 3.63) is 12.2 Å². The number of amides is 1. The van der Waals surface area contributed by atoms with Crippen LogP contribution in [0.25, 0.3) is 0 Å². The van der Waals surface area contributed by atoms with Gasteiger partial charge >= 0.3 is 51.3 Å². The van der Waals surface area contributed by atoms with Crippen LogP contribution in [-0.2, 0) is 34.0 Å². The molecule has 0 aliphatic heterocycles. The summed E-state index contributed by atoms with van der Waals surface area (Å²) < 4.78 is 168. The number of nitrogens with one attached hydrogen (secondary N) is 1. The fourth-order valence-corrected chi connectivity index (χ4v) is 2.18. The summed E-state index contributed by atoms with van der Waals surface area (Å²) in [7, 11) is -6.84. The molecule has 20 heteroatoms. The molecule has 0 bridgehead atoms. The van der Waals surface area contributed by atoms with Gasteiger partial charge in [-0.15, -0.1) is 0 Å². The molecule has 1 unspecified atom stereocenters. The maximum atomic E-state index is 13.6. The number of ether oxygens (including phenoxy) is 2. The van der Waals surface area contributed by atoms with Gasteiger partial charge in [0.25, 0.3) is 0 Å². The number of alkyl halides is 10. The summed E-state index contributed by atoms with van der Waals surface area (Å²) >= 11 is 0. The monoisotopic (exact) mass is 545 g/mol. The summed E-state index contributed by atoms with van der Waals surface area (Å²) in [6.07, 6.45) is -14.8. The van der Waals surface area contributed by atoms with E-state index in [1.54, 1.807) is 0 Å². The first kappa shape index (κ1) is 31.5. The molecule has 198 valence electrons. The lowest BCUT2D eigenvalue weighted by Gasteiger charge is -2.34. The van der Waals surface area contributed by atoms with Crippen LogP contribution in [0, 0.1) is 0 Å². The highest BCUT2D eigenvalue weighted by Gasteiger charge is 2.69. The van der Waals surface area contributed by atoms with E-state index < -0.39 is 82.2 Å². The van der Waals surface area contributed by atoms with E-state index in [9.17, 15) is 66.7 Å². The van der Waals surface area contributed by atoms with Crippen LogP contribution in [0.2, 0.25) is 0 Å². The molecule has 0 saturated heterocycles. The number of hydrogen-bond donors (Lipinski definition) is 2. The van der Waals surface area contributed by atoms with Gasteiger partial charge in [-0.25, -0.2) is 4.79 Å². The summed E-state index contributed by atoms with van der Waals surface area (Å²) in [4.78, 5) is 34.3. The molecule has 0 aliphatic carbocycles. The molecule has 0 saturated carbocycles. The van der Waals surface area contributed by atoms with E-state index in [0.717, 1.165) is 5.32 Å². The normalized spacial score (nSPS) is 15.3. The number of halogens is 10. The number of carbonyl (C=O) groups excluding carboxylic acids is 3. The first-order valence-electron chi connectivity index (χ1n) is 8.04. The third kappa shape index (κ3) is 7.01. The van der Waals surface area contributed by atoms with E-state index >= 15 is 0 Å². The van der Waals surface area contributed by atoms with Crippen LogP contribution in [0.1, 0.15) is 13.3 Å². The van der Waals surface area contributed by atoms with E-state index in [-0.39, 0.29) is 0 Å². The maximum absolute atomic E-state index is 13.6. The number of hydrogen-bond acceptors (Lipinski definition) is 7. The number of ketones is 1. The highest BCUT2D eigenvalue weighted by Crippen LogP contribution is 2.42. The van der Waals surface area contributed by atoms with E-state index in [2.05, 4.69) is 16.1 Å². The zero-order chi connectivity index (χ0) is 27.6. The molecule has 0 spiro atoms. The Balaban J connectivity index is 6.28. The molecule has 1 atom stereocenters. The number of esters is 1. The van der Waals surface area contributed by atoms with Crippen molar-refractivity contribution in [3.63, 3.8) is 0 Å². The number of rotatable bonds is 11. The summed E-state index contributed by atoms with van der Waals surface area (Å²) in [6, 6.07) is 0. The van der Waals surface area contributed by atoms with Gasteiger partial charge < -0.3 is 14.8 Å². The molecule has 34 heavy (non-hydrogen) atoms. The fourth-order valence-electron chi connectivity index (χ4n) is 1.70. The van der Waals surface area contributed by atoms with Gasteiger partial charge in [0.1, 0.15) is 11.4 Å². The van der Waals surface area contributed by atoms with Gasteiger partial charge in [-0.1, -0.05) is 6.58 Å². The van der Waals surface area contributed by atoms with Crippen LogP contribution in [0.3, 0.4) is 0 Å². The zero-order valence-electron chi connectivity index (χ0n) is 16.3. The third-order valence-electron chi connectivity index (χ3n) is 3.47. The van der Waals surface area contributed by atoms with E-state index in [1.807, 2.05) is 0 Å². The first-order chi connectivity index (χ1) is 14.8. The Labute approximate surface area is 182 Å². The largest absolute Gasteiger partial charge is 0.466 e. The van der Waals surface area contributed by atoms with Gasteiger partial charge in [0, 0.05) is 6.42 Å². The van der Waals surface area contributed by atoms with Crippen LogP contribution < -0.4 is 5.32 Å². The molecule has 0 rings (SSSR count). The van der Waals surface area contributed by atoms with Crippen molar-refractivity contribution >= 4 is 27.8 Å². The van der Waals surface area contributed by atoms with Gasteiger partial charge in [-0.05, 0) is 6.92 Å². The van der Waals surface area contributed by atoms with Gasteiger partial charge in [0.05, 0.1) is 13.2 Å². The Morgan fingerprint density at radius 2 is 1.44 bits per heavy atom. The Kier molecular flexibility index (Phi) is 9.29. The van der Waals surface area contributed by atoms with E-state index in [1.165, 1.54) is 0 Å². The smallest absolute Gasteiger partial charge is 0.412 e. The summed E-state index contributed by atoms with van der Waals surface area (Å²) in [5.74, 6) is -17.9. The zero-order valence-corrected chi connectivity index (χ0v) is 17.1. The second-order valence-electron chi connectivity index (χ2n) is 6.16. The highest BCUT2D eigenvalue weighted by molar-refractivity contribution is 7.87. The molecular formula is C14H13F10NO8S. The van der Waals surface area contributed by atoms with Crippen LogP contribution in [-0.4, -0.2) is 73.1 Å². The van der Waals surface area contributed by atoms with Crippen molar-refractivity contribution in [3.8, 4) is 0 Å². The predicted molar refractivity (Wildman–Crippen MR) is 85.8 cm³/mol. The standard InChI is InChI=1S/C14H13F10NO8S/c1-6(26)5-25-9(28)11(13(20,21)22,33-8(27)7(2)12(17,18)19)32-4-3-10(15,16)14(23,24)34(29,30)31/h2-5H2,1H3,(H,25,28)(H,29,30,31). The number of Topliss-reactive ketones (excluding diaryl/α,β-unsaturated/α-hetero) is 1. The Morgan fingerprint density at radius 1 is 0.971 bits per heavy atom. The predicted octanol–water partition coefficient (Wildman–Crippen LogP) is 2.13. The topological polar surface area (TPSA) is 136 Å². The van der Waals surface area contributed by atoms with Crippen LogP contribution in [0.5, 0.6) is 0 Å². The van der Waals surface area contributed by atoms with E-state index in [0.29, 0.717) is 6.92 Å². The molecule has 2 N–H and O–H groups in total. The molecule has 0 aromatic heterocycles. The molecule has 0 aliphatic rings. The number of carbonyl (C=O) groups is 3. The van der Waals surface area contributed by atoms with Crippen molar-refractivity contribution in [1.29, 1.82) is 0 Å². The molecule has 0 aromatic rings. The molecule has 9 nitrogen and oxygen atoms in total. The lowest BCUT2D eigenvalue weighted by Crippen LogP contribution is -2.62. The molecular weight excluding hydrogens is 532 g/mol. The molecule has 0 aromatic carbocycles. The molecule has 1 amide bonds. The van der Waals surface area contributed by atoms with E-state index in [4.69, 9.17) is 4.55 Å². The Hall–Kier alpha value is -2.48. The minimum Gasteiger partial charge on any atom is -0.412 e. The fraction of sp³-hybridized carbons (Fsp3) is 0.643. The van der Waals surface area contributed by atoms with Gasteiger partial charge in [0.15, 0.2) is 0 Å². The summed E-state index contributed by atoms with van der Waals surface area (Å²) in [6.45, 7) is -0.934. The summed E-state index contributed by atoms with van der Waals surface area (Å²) in [5, 5.41) is -5.17. The van der Waals surface area contributed by atoms with Gasteiger partial charge in [-0.3, -0.25) is 14.1 Å². The minimum absolute atomic E-state index is 0.686. The maximum Gasteiger partial charge on any atom is 0.466 e. The van der Waals surface area contributed by atoms with Crippen LogP contribution >= 0.6 is 0 Å². The van der Waals surface area contributed by atoms with Gasteiger partial charge in [-0.2, -0.15) is 52.3 Å². The Morgan fingerprint density at radius 3 is 1.79 bits per heavy atom. The first-order valence-corrected chi connectivity index (χ1v) is 9.48. The van der Waals surface area contributed by atoms with Crippen molar-refractivity contribution in [2.24, 2.45) is 0 Å². The quantitative estimate of drug-likeness (QED) is 0.133. The van der Waals surface area contributed by atoms with Crippen molar-refractivity contribution in [2.45, 2.75) is 42.7 Å². The third-order valence-corrected chi connectivity index (χ3v) is 4.41. The van der Waals surface area contributed by atoms with Crippen molar-refractivity contribution in [1.82, 2.24) is 5.32 Å². The van der Waals surface area contributed by atoms with Crippen LogP contribution in [0.15, 0.2) is 12.2 Å². The van der Waals surface area contributed by atoms with Crippen LogP contribution in [0.4, 0.5) is 43.9 Å². The average molecular weight is 545 g/mol. The summed E-state index contributed by atoms with van der Waals surface area (Å²) in [5.41, 5.74) is -2.65. The SMILES string of the molecule is C=C(C(=O)OC(OCCC(F)(F)C(F)(F)S(=O)(=O)O)(C(=O)NCC(C)=O)C(F)(F)F)C(F)(F)F. The highest BCUT2D eigenvalue weighted by atomic mass is 32.2. The Bertz CT molecular complexity index is 928.